The summed E-state index contributed by atoms with van der Waals surface area (Å²) < 4.78 is 20.0. The van der Waals surface area contributed by atoms with Crippen LogP contribution in [0, 0.1) is 24.6 Å². The molecule has 3 aromatic rings. The second-order valence-corrected chi connectivity index (χ2v) is 10.5. The number of aryl methyl sites for hydroxylation is 2. The van der Waals surface area contributed by atoms with E-state index >= 15 is 0 Å². The van der Waals surface area contributed by atoms with Crippen LogP contribution in [0.3, 0.4) is 0 Å². The second-order valence-electron chi connectivity index (χ2n) is 9.36. The van der Waals surface area contributed by atoms with Crippen LogP contribution < -0.4 is 10.2 Å². The summed E-state index contributed by atoms with van der Waals surface area (Å²) in [6, 6.07) is 7.26. The highest BCUT2D eigenvalue weighted by atomic mass is 35.5. The first-order valence-corrected chi connectivity index (χ1v) is 12.5. The monoisotopic (exact) mass is 472 g/mol. The van der Waals surface area contributed by atoms with Crippen molar-refractivity contribution in [3.63, 3.8) is 0 Å². The summed E-state index contributed by atoms with van der Waals surface area (Å²) >= 11 is 7.99. The number of nitrogens with one attached hydrogen (secondary N) is 1. The molecule has 1 saturated carbocycles. The number of hydrogen-bond acceptors (Lipinski definition) is 6. The highest BCUT2D eigenvalue weighted by Gasteiger charge is 2.43. The largest absolute Gasteiger partial charge is 0.361 e. The molecule has 0 radical (unpaired) electrons. The highest BCUT2D eigenvalue weighted by Crippen LogP contribution is 2.42. The smallest absolute Gasteiger partial charge is 0.242 e. The molecule has 2 unspecified atom stereocenters. The number of nitrogens with zero attached hydrogens (tertiary/aromatic N) is 5. The van der Waals surface area contributed by atoms with E-state index in [2.05, 4.69) is 27.6 Å². The Morgan fingerprint density at radius 1 is 1.16 bits per heavy atom. The van der Waals surface area contributed by atoms with Crippen LogP contribution in [0.2, 0.25) is 5.02 Å². The Balaban J connectivity index is 1.21. The summed E-state index contributed by atoms with van der Waals surface area (Å²) in [5.74, 6) is 2.55. The van der Waals surface area contributed by atoms with E-state index in [9.17, 15) is 4.39 Å². The Labute approximate surface area is 196 Å². The minimum Gasteiger partial charge on any atom is -0.361 e. The van der Waals surface area contributed by atoms with E-state index in [4.69, 9.17) is 21.7 Å². The summed E-state index contributed by atoms with van der Waals surface area (Å²) in [6.45, 7) is 5.02. The minimum absolute atomic E-state index is 0.0491. The molecular formula is C23H26ClFN6S. The molecule has 1 aromatic carbocycles. The standard InChI is InChI=1S/C23H26ClFN6S/c1-13-9-20(32-29-13)30-11-14-4-5-15(12-30)21(14)26-23-27-22-18(3-2-8-31(22)28-23)17-7-6-16(25)10-19(17)24/h6-7,9-10,14-15,18,21H,2-5,8,11-12H2,1H3,(H,26,28)/t14-,15+,18?,21?. The summed E-state index contributed by atoms with van der Waals surface area (Å²) in [5.41, 5.74) is 2.03. The molecule has 4 atom stereocenters. The molecule has 1 aliphatic carbocycles. The zero-order valence-corrected chi connectivity index (χ0v) is 19.5. The van der Waals surface area contributed by atoms with E-state index in [0.29, 0.717) is 28.8 Å². The van der Waals surface area contributed by atoms with Crippen molar-refractivity contribution in [3.05, 3.63) is 52.2 Å². The van der Waals surface area contributed by atoms with Gasteiger partial charge >= 0.3 is 0 Å². The Hall–Kier alpha value is -2.19. The van der Waals surface area contributed by atoms with Crippen molar-refractivity contribution in [2.24, 2.45) is 11.8 Å². The van der Waals surface area contributed by atoms with E-state index in [1.165, 1.54) is 30.0 Å². The lowest BCUT2D eigenvalue weighted by Gasteiger charge is -2.38. The number of fused-ring (bicyclic) bond motifs is 3. The SMILES string of the molecule is Cc1cc(N2C[C@H]3CC[C@@H](C2)C3Nc2nc3n(n2)CCCC3c2ccc(F)cc2Cl)sn1. The summed E-state index contributed by atoms with van der Waals surface area (Å²) in [5, 5.41) is 10.2. The first kappa shape index (κ1) is 20.4. The van der Waals surface area contributed by atoms with Gasteiger partial charge in [0.05, 0.1) is 5.69 Å². The van der Waals surface area contributed by atoms with Crippen molar-refractivity contribution in [3.8, 4) is 0 Å². The van der Waals surface area contributed by atoms with Gasteiger partial charge in [0.25, 0.3) is 0 Å². The lowest BCUT2D eigenvalue weighted by Crippen LogP contribution is -2.48. The van der Waals surface area contributed by atoms with Crippen LogP contribution in [0.4, 0.5) is 15.3 Å². The fraction of sp³-hybridized carbons (Fsp3) is 0.522. The number of benzene rings is 1. The molecule has 6 nitrogen and oxygen atoms in total. The van der Waals surface area contributed by atoms with Gasteiger partial charge in [0.1, 0.15) is 16.6 Å². The summed E-state index contributed by atoms with van der Waals surface area (Å²) in [7, 11) is 0. The van der Waals surface area contributed by atoms with Gasteiger partial charge in [-0.3, -0.25) is 0 Å². The average molecular weight is 473 g/mol. The molecule has 2 aliphatic heterocycles. The first-order valence-electron chi connectivity index (χ1n) is 11.4. The van der Waals surface area contributed by atoms with Gasteiger partial charge < -0.3 is 10.2 Å². The van der Waals surface area contributed by atoms with E-state index in [-0.39, 0.29) is 11.7 Å². The molecule has 9 heteroatoms. The fourth-order valence-electron chi connectivity index (χ4n) is 5.78. The molecule has 0 amide bonds. The highest BCUT2D eigenvalue weighted by molar-refractivity contribution is 7.10. The molecular weight excluding hydrogens is 447 g/mol. The maximum atomic E-state index is 13.6. The van der Waals surface area contributed by atoms with Crippen LogP contribution in [0.15, 0.2) is 24.3 Å². The van der Waals surface area contributed by atoms with Crippen molar-refractivity contribution in [1.29, 1.82) is 0 Å². The number of hydrogen-bond donors (Lipinski definition) is 1. The zero-order valence-electron chi connectivity index (χ0n) is 18.0. The average Bonchev–Trinajstić information content (AvgIpc) is 3.44. The van der Waals surface area contributed by atoms with Crippen LogP contribution in [0.5, 0.6) is 0 Å². The van der Waals surface area contributed by atoms with Crippen molar-refractivity contribution < 1.29 is 4.39 Å². The van der Waals surface area contributed by atoms with Crippen molar-refractivity contribution in [2.75, 3.05) is 23.3 Å². The molecule has 4 heterocycles. The number of aromatic nitrogens is 4. The molecule has 0 spiro atoms. The quantitative estimate of drug-likeness (QED) is 0.573. The van der Waals surface area contributed by atoms with Crippen LogP contribution in [0.1, 0.15) is 48.7 Å². The second kappa shape index (κ2) is 7.99. The summed E-state index contributed by atoms with van der Waals surface area (Å²) in [4.78, 5) is 7.41. The van der Waals surface area contributed by atoms with Gasteiger partial charge in [-0.15, -0.1) is 5.10 Å². The number of rotatable bonds is 4. The lowest BCUT2D eigenvalue weighted by molar-refractivity contribution is 0.377. The molecule has 1 saturated heterocycles. The van der Waals surface area contributed by atoms with E-state index in [1.54, 1.807) is 17.6 Å². The fourth-order valence-corrected chi connectivity index (χ4v) is 6.85. The molecule has 32 heavy (non-hydrogen) atoms. The topological polar surface area (TPSA) is 58.9 Å². The van der Waals surface area contributed by atoms with Crippen LogP contribution in [0.25, 0.3) is 0 Å². The van der Waals surface area contributed by atoms with Gasteiger partial charge in [-0.1, -0.05) is 17.7 Å². The van der Waals surface area contributed by atoms with Gasteiger partial charge in [0.15, 0.2) is 0 Å². The van der Waals surface area contributed by atoms with E-state index in [0.717, 1.165) is 49.6 Å². The predicted octanol–water partition coefficient (Wildman–Crippen LogP) is 5.09. The number of anilines is 2. The van der Waals surface area contributed by atoms with Crippen molar-refractivity contribution in [2.45, 2.75) is 51.1 Å². The molecule has 2 aromatic heterocycles. The first-order chi connectivity index (χ1) is 15.5. The van der Waals surface area contributed by atoms with E-state index in [1.807, 2.05) is 4.68 Å². The Morgan fingerprint density at radius 3 is 2.69 bits per heavy atom. The van der Waals surface area contributed by atoms with Gasteiger partial charge in [-0.2, -0.15) is 9.36 Å². The summed E-state index contributed by atoms with van der Waals surface area (Å²) in [6.07, 6.45) is 4.42. The predicted molar refractivity (Wildman–Crippen MR) is 125 cm³/mol. The van der Waals surface area contributed by atoms with Gasteiger partial charge in [0.2, 0.25) is 5.95 Å². The molecule has 2 bridgehead atoms. The Bertz CT molecular complexity index is 1130. The van der Waals surface area contributed by atoms with Crippen molar-refractivity contribution >= 4 is 34.1 Å². The molecule has 3 aliphatic rings. The van der Waals surface area contributed by atoms with Gasteiger partial charge in [-0.05, 0) is 79.7 Å². The Kier molecular flexibility index (Phi) is 5.10. The van der Waals surface area contributed by atoms with Crippen molar-refractivity contribution in [1.82, 2.24) is 19.1 Å². The lowest BCUT2D eigenvalue weighted by atomic mass is 9.91. The van der Waals surface area contributed by atoms with E-state index < -0.39 is 0 Å². The van der Waals surface area contributed by atoms with Crippen LogP contribution in [-0.4, -0.2) is 38.3 Å². The normalized spacial score (nSPS) is 26.9. The number of piperidine rings is 1. The third-order valence-corrected chi connectivity index (χ3v) is 8.54. The molecule has 1 N–H and O–H groups in total. The van der Waals surface area contributed by atoms with Gasteiger partial charge in [-0.25, -0.2) is 9.07 Å². The zero-order chi connectivity index (χ0) is 21.8. The maximum Gasteiger partial charge on any atom is 0.242 e. The van der Waals surface area contributed by atoms with Crippen LogP contribution >= 0.6 is 23.1 Å². The molecule has 168 valence electrons. The minimum atomic E-state index is -0.311. The molecule has 6 rings (SSSR count). The Morgan fingerprint density at radius 2 is 1.97 bits per heavy atom. The van der Waals surface area contributed by atoms with Gasteiger partial charge in [0, 0.05) is 36.6 Å². The molecule has 2 fully saturated rings. The maximum absolute atomic E-state index is 13.6. The van der Waals surface area contributed by atoms with Crippen LogP contribution in [-0.2, 0) is 6.54 Å². The number of halogens is 2. The third-order valence-electron chi connectivity index (χ3n) is 7.27. The third kappa shape index (κ3) is 3.57.